The van der Waals surface area contributed by atoms with Crippen molar-refractivity contribution in [3.8, 4) is 0 Å². The van der Waals surface area contributed by atoms with Gasteiger partial charge in [0.1, 0.15) is 12.2 Å². The maximum Gasteiger partial charge on any atom is 0.418 e. The summed E-state index contributed by atoms with van der Waals surface area (Å²) in [5.41, 5.74) is -0.784. The lowest BCUT2D eigenvalue weighted by atomic mass is 10.2. The van der Waals surface area contributed by atoms with Gasteiger partial charge in [0.05, 0.1) is 10.5 Å². The highest BCUT2D eigenvalue weighted by atomic mass is 16.6. The Morgan fingerprint density at radius 3 is 2.35 bits per heavy atom. The molecule has 0 radical (unpaired) electrons. The quantitative estimate of drug-likeness (QED) is 0.364. The smallest absolute Gasteiger partial charge is 0.418 e. The van der Waals surface area contributed by atoms with Gasteiger partial charge in [-0.25, -0.2) is 9.59 Å². The second-order valence-electron chi connectivity index (χ2n) is 4.96. The highest BCUT2D eigenvalue weighted by molar-refractivity contribution is 6.29. The molecule has 0 aliphatic rings. The molecule has 108 valence electrons. The van der Waals surface area contributed by atoms with Crippen LogP contribution in [0.1, 0.15) is 26.3 Å². The molecule has 1 aromatic rings. The number of carbonyl (C=O) groups is 2. The number of nitro groups is 1. The molecule has 0 N–H and O–H groups in total. The number of benzene rings is 1. The molecule has 1 rings (SSSR count). The summed E-state index contributed by atoms with van der Waals surface area (Å²) in [4.78, 5) is 33.0. The standard InChI is InChI=1S/C13H15NO6/c1-13(2,3)20-12(16)11(15)19-8-9-6-4-5-7-10(9)14(17)18/h4-7H,8H2,1-3H3. The molecule has 0 amide bonds. The first-order chi connectivity index (χ1) is 9.20. The molecule has 7 heteroatoms. The number of ether oxygens (including phenoxy) is 2. The van der Waals surface area contributed by atoms with E-state index in [0.717, 1.165) is 0 Å². The van der Waals surface area contributed by atoms with Crippen molar-refractivity contribution in [1.29, 1.82) is 0 Å². The molecule has 0 spiro atoms. The topological polar surface area (TPSA) is 95.7 Å². The number of carbonyl (C=O) groups excluding carboxylic acids is 2. The summed E-state index contributed by atoms with van der Waals surface area (Å²) < 4.78 is 9.53. The number of nitrogens with zero attached hydrogens (tertiary/aromatic N) is 1. The Hall–Kier alpha value is -2.44. The van der Waals surface area contributed by atoms with E-state index in [2.05, 4.69) is 0 Å². The molecule has 0 saturated heterocycles. The zero-order valence-corrected chi connectivity index (χ0v) is 11.4. The van der Waals surface area contributed by atoms with Crippen LogP contribution in [0.5, 0.6) is 0 Å². The van der Waals surface area contributed by atoms with Gasteiger partial charge in [0.25, 0.3) is 5.69 Å². The van der Waals surface area contributed by atoms with Gasteiger partial charge in [-0.3, -0.25) is 10.1 Å². The Bertz CT molecular complexity index is 532. The van der Waals surface area contributed by atoms with Gasteiger partial charge >= 0.3 is 11.9 Å². The third kappa shape index (κ3) is 4.68. The monoisotopic (exact) mass is 281 g/mol. The van der Waals surface area contributed by atoms with Crippen LogP contribution in [0.4, 0.5) is 5.69 Å². The van der Waals surface area contributed by atoms with Crippen molar-refractivity contribution in [2.75, 3.05) is 0 Å². The number of nitro benzene ring substituents is 1. The minimum Gasteiger partial charge on any atom is -0.452 e. The van der Waals surface area contributed by atoms with E-state index in [1.807, 2.05) is 0 Å². The molecule has 0 bridgehead atoms. The number of para-hydroxylation sites is 1. The molecular formula is C13H15NO6. The van der Waals surface area contributed by atoms with Crippen molar-refractivity contribution in [2.45, 2.75) is 33.0 Å². The van der Waals surface area contributed by atoms with E-state index < -0.39 is 22.5 Å². The molecule has 0 aliphatic carbocycles. The van der Waals surface area contributed by atoms with Crippen LogP contribution >= 0.6 is 0 Å². The maximum atomic E-state index is 11.4. The van der Waals surface area contributed by atoms with E-state index >= 15 is 0 Å². The van der Waals surface area contributed by atoms with Gasteiger partial charge in [-0.1, -0.05) is 12.1 Å². The average Bonchev–Trinajstić information content (AvgIpc) is 2.34. The van der Waals surface area contributed by atoms with Crippen LogP contribution in [0.25, 0.3) is 0 Å². The Morgan fingerprint density at radius 1 is 1.20 bits per heavy atom. The molecule has 0 fully saturated rings. The summed E-state index contributed by atoms with van der Waals surface area (Å²) in [6, 6.07) is 5.80. The Kier molecular flexibility index (Phi) is 4.79. The van der Waals surface area contributed by atoms with Gasteiger partial charge in [-0.05, 0) is 26.8 Å². The fourth-order valence-electron chi connectivity index (χ4n) is 1.33. The van der Waals surface area contributed by atoms with Crippen LogP contribution in [-0.2, 0) is 25.7 Å². The molecule has 7 nitrogen and oxygen atoms in total. The molecule has 0 atom stereocenters. The van der Waals surface area contributed by atoms with Gasteiger partial charge in [-0.2, -0.15) is 0 Å². The summed E-state index contributed by atoms with van der Waals surface area (Å²) in [6.45, 7) is 4.47. The molecule has 0 saturated carbocycles. The predicted molar refractivity (Wildman–Crippen MR) is 68.7 cm³/mol. The average molecular weight is 281 g/mol. The summed E-state index contributed by atoms with van der Waals surface area (Å²) in [6.07, 6.45) is 0. The Morgan fingerprint density at radius 2 is 1.80 bits per heavy atom. The second kappa shape index (κ2) is 6.14. The molecule has 0 unspecified atom stereocenters. The molecule has 0 aromatic heterocycles. The Labute approximate surface area is 115 Å². The van der Waals surface area contributed by atoms with Gasteiger partial charge in [0.15, 0.2) is 0 Å². The normalized spacial score (nSPS) is 10.8. The highest BCUT2D eigenvalue weighted by Crippen LogP contribution is 2.18. The van der Waals surface area contributed by atoms with Crippen LogP contribution in [0.15, 0.2) is 24.3 Å². The third-order valence-corrected chi connectivity index (χ3v) is 2.11. The number of rotatable bonds is 3. The molecule has 20 heavy (non-hydrogen) atoms. The zero-order chi connectivity index (χ0) is 15.3. The molecule has 0 heterocycles. The summed E-state index contributed by atoms with van der Waals surface area (Å²) >= 11 is 0. The van der Waals surface area contributed by atoms with Gasteiger partial charge < -0.3 is 9.47 Å². The molecular weight excluding hydrogens is 266 g/mol. The lowest BCUT2D eigenvalue weighted by Gasteiger charge is -2.18. The first-order valence-electron chi connectivity index (χ1n) is 5.83. The van der Waals surface area contributed by atoms with Crippen LogP contribution in [0.3, 0.4) is 0 Å². The Balaban J connectivity index is 2.66. The first kappa shape index (κ1) is 15.6. The highest BCUT2D eigenvalue weighted by Gasteiger charge is 2.25. The van der Waals surface area contributed by atoms with Crippen molar-refractivity contribution in [3.05, 3.63) is 39.9 Å². The first-order valence-corrected chi connectivity index (χ1v) is 5.83. The van der Waals surface area contributed by atoms with Crippen molar-refractivity contribution in [1.82, 2.24) is 0 Å². The third-order valence-electron chi connectivity index (χ3n) is 2.11. The second-order valence-corrected chi connectivity index (χ2v) is 4.96. The van der Waals surface area contributed by atoms with Crippen molar-refractivity contribution in [2.24, 2.45) is 0 Å². The van der Waals surface area contributed by atoms with Crippen molar-refractivity contribution in [3.63, 3.8) is 0 Å². The summed E-state index contributed by atoms with van der Waals surface area (Å²) in [7, 11) is 0. The maximum absolute atomic E-state index is 11.4. The van der Waals surface area contributed by atoms with E-state index in [-0.39, 0.29) is 17.9 Å². The SMILES string of the molecule is CC(C)(C)OC(=O)C(=O)OCc1ccccc1[N+](=O)[O-]. The summed E-state index contributed by atoms with van der Waals surface area (Å²) in [5, 5.41) is 10.8. The van der Waals surface area contributed by atoms with Crippen molar-refractivity contribution < 1.29 is 24.0 Å². The van der Waals surface area contributed by atoms with Crippen LogP contribution in [-0.4, -0.2) is 22.5 Å². The lowest BCUT2D eigenvalue weighted by Crippen LogP contribution is -2.30. The fourth-order valence-corrected chi connectivity index (χ4v) is 1.33. The van der Waals surface area contributed by atoms with Gasteiger partial charge in [0, 0.05) is 6.07 Å². The van der Waals surface area contributed by atoms with Gasteiger partial charge in [-0.15, -0.1) is 0 Å². The van der Waals surface area contributed by atoms with E-state index in [0.29, 0.717) is 0 Å². The van der Waals surface area contributed by atoms with Crippen LogP contribution < -0.4 is 0 Å². The van der Waals surface area contributed by atoms with E-state index in [9.17, 15) is 19.7 Å². The lowest BCUT2D eigenvalue weighted by molar-refractivity contribution is -0.385. The van der Waals surface area contributed by atoms with Crippen LogP contribution in [0.2, 0.25) is 0 Å². The van der Waals surface area contributed by atoms with E-state index in [1.54, 1.807) is 26.8 Å². The molecule has 1 aromatic carbocycles. The number of hydrogen-bond acceptors (Lipinski definition) is 6. The van der Waals surface area contributed by atoms with Crippen LogP contribution in [0, 0.1) is 10.1 Å². The fraction of sp³-hybridized carbons (Fsp3) is 0.385. The largest absolute Gasteiger partial charge is 0.452 e. The predicted octanol–water partition coefficient (Wildman–Crippen LogP) is 1.98. The summed E-state index contributed by atoms with van der Waals surface area (Å²) in [5.74, 6) is -2.31. The van der Waals surface area contributed by atoms with E-state index in [4.69, 9.17) is 9.47 Å². The molecule has 0 aliphatic heterocycles. The van der Waals surface area contributed by atoms with Crippen molar-refractivity contribution >= 4 is 17.6 Å². The minimum absolute atomic E-state index is 0.176. The number of esters is 2. The number of hydrogen-bond donors (Lipinski definition) is 0. The zero-order valence-electron chi connectivity index (χ0n) is 11.4. The van der Waals surface area contributed by atoms with E-state index in [1.165, 1.54) is 18.2 Å². The minimum atomic E-state index is -1.18. The van der Waals surface area contributed by atoms with Gasteiger partial charge in [0.2, 0.25) is 0 Å².